The molecule has 2 rings (SSSR count). The Morgan fingerprint density at radius 1 is 1.17 bits per heavy atom. The third-order valence-corrected chi connectivity index (χ3v) is 4.50. The van der Waals surface area contributed by atoms with Gasteiger partial charge in [0.05, 0.1) is 0 Å². The molecule has 2 aromatic rings. The van der Waals surface area contributed by atoms with Crippen molar-refractivity contribution in [1.29, 1.82) is 0 Å². The highest BCUT2D eigenvalue weighted by atomic mass is 79.9. The van der Waals surface area contributed by atoms with Gasteiger partial charge < -0.3 is 0 Å². The number of rotatable bonds is 3. The van der Waals surface area contributed by atoms with Crippen molar-refractivity contribution in [2.75, 3.05) is 0 Å². The lowest BCUT2D eigenvalue weighted by Crippen LogP contribution is -1.99. The Bertz CT molecular complexity index is 552. The predicted molar refractivity (Wildman–Crippen MR) is 80.7 cm³/mol. The van der Waals surface area contributed by atoms with Gasteiger partial charge in [-0.3, -0.25) is 0 Å². The molecule has 3 heteroatoms. The average Bonchev–Trinajstić information content (AvgIpc) is 2.35. The van der Waals surface area contributed by atoms with Gasteiger partial charge in [-0.25, -0.2) is 4.39 Å². The van der Waals surface area contributed by atoms with Crippen LogP contribution < -0.4 is 0 Å². The zero-order chi connectivity index (χ0) is 13.1. The lowest BCUT2D eigenvalue weighted by atomic mass is 10.0. The number of aryl methyl sites for hydroxylation is 1. The smallest absolute Gasteiger partial charge is 0.123 e. The first kappa shape index (κ1) is 13.8. The fourth-order valence-electron chi connectivity index (χ4n) is 1.90. The van der Waals surface area contributed by atoms with Crippen molar-refractivity contribution in [1.82, 2.24) is 0 Å². The van der Waals surface area contributed by atoms with Crippen molar-refractivity contribution in [3.8, 4) is 0 Å². The van der Waals surface area contributed by atoms with Crippen LogP contribution in [0.3, 0.4) is 0 Å². The molecule has 0 bridgehead atoms. The predicted octanol–water partition coefficient (Wildman–Crippen LogP) is 5.58. The maximum atomic E-state index is 13.3. The van der Waals surface area contributed by atoms with Crippen molar-refractivity contribution in [2.24, 2.45) is 0 Å². The zero-order valence-corrected chi connectivity index (χ0v) is 13.1. The normalized spacial score (nSPS) is 12.4. The third-order valence-electron chi connectivity index (χ3n) is 2.96. The van der Waals surface area contributed by atoms with Gasteiger partial charge in [-0.1, -0.05) is 56.1 Å². The molecule has 0 spiro atoms. The molecule has 0 aromatic heterocycles. The zero-order valence-electron chi connectivity index (χ0n) is 9.96. The van der Waals surface area contributed by atoms with E-state index in [2.05, 4.69) is 50.9 Å². The molecule has 0 N–H and O–H groups in total. The van der Waals surface area contributed by atoms with Crippen LogP contribution in [-0.2, 0) is 6.42 Å². The Labute approximate surface area is 123 Å². The standard InChI is InChI=1S/C15H13Br2F/c1-10-4-2-3-5-11(10)8-15(17)13-9-12(18)6-7-14(13)16/h2-7,9,15H,8H2,1H3. The summed E-state index contributed by atoms with van der Waals surface area (Å²) in [6, 6.07) is 13.0. The summed E-state index contributed by atoms with van der Waals surface area (Å²) in [5, 5.41) is 0. The van der Waals surface area contributed by atoms with E-state index in [9.17, 15) is 4.39 Å². The van der Waals surface area contributed by atoms with Crippen molar-refractivity contribution in [2.45, 2.75) is 18.2 Å². The topological polar surface area (TPSA) is 0 Å². The van der Waals surface area contributed by atoms with Crippen molar-refractivity contribution in [3.63, 3.8) is 0 Å². The summed E-state index contributed by atoms with van der Waals surface area (Å²) in [4.78, 5) is 0.101. The second-order valence-electron chi connectivity index (χ2n) is 4.26. The Balaban J connectivity index is 2.25. The largest absolute Gasteiger partial charge is 0.207 e. The lowest BCUT2D eigenvalue weighted by Gasteiger charge is -2.14. The van der Waals surface area contributed by atoms with Gasteiger partial charge in [0.25, 0.3) is 0 Å². The summed E-state index contributed by atoms with van der Waals surface area (Å²) >= 11 is 7.11. The third kappa shape index (κ3) is 3.21. The Hall–Kier alpha value is -0.670. The van der Waals surface area contributed by atoms with Gasteiger partial charge in [0.15, 0.2) is 0 Å². The van der Waals surface area contributed by atoms with Crippen LogP contribution in [0.4, 0.5) is 4.39 Å². The summed E-state index contributed by atoms with van der Waals surface area (Å²) in [7, 11) is 0. The van der Waals surface area contributed by atoms with E-state index in [1.807, 2.05) is 12.1 Å². The van der Waals surface area contributed by atoms with E-state index in [0.29, 0.717) is 0 Å². The summed E-state index contributed by atoms with van der Waals surface area (Å²) in [5.41, 5.74) is 3.48. The molecular weight excluding hydrogens is 359 g/mol. The summed E-state index contributed by atoms with van der Waals surface area (Å²) in [6.07, 6.45) is 0.842. The number of hydrogen-bond acceptors (Lipinski definition) is 0. The number of alkyl halides is 1. The van der Waals surface area contributed by atoms with E-state index in [-0.39, 0.29) is 10.6 Å². The maximum Gasteiger partial charge on any atom is 0.123 e. The SMILES string of the molecule is Cc1ccccc1CC(Br)c1cc(F)ccc1Br. The number of hydrogen-bond donors (Lipinski definition) is 0. The van der Waals surface area contributed by atoms with E-state index in [0.717, 1.165) is 16.5 Å². The molecule has 2 aromatic carbocycles. The molecule has 0 saturated carbocycles. The molecule has 0 aliphatic heterocycles. The van der Waals surface area contributed by atoms with Crippen LogP contribution in [0, 0.1) is 12.7 Å². The number of benzene rings is 2. The minimum atomic E-state index is -0.206. The second kappa shape index (κ2) is 5.98. The first-order valence-electron chi connectivity index (χ1n) is 5.71. The van der Waals surface area contributed by atoms with Gasteiger partial charge in [0.1, 0.15) is 5.82 Å². The average molecular weight is 372 g/mol. The molecule has 1 atom stereocenters. The molecule has 0 radical (unpaired) electrons. The first-order valence-corrected chi connectivity index (χ1v) is 7.42. The van der Waals surface area contributed by atoms with Crippen LogP contribution in [-0.4, -0.2) is 0 Å². The molecule has 0 fully saturated rings. The van der Waals surface area contributed by atoms with E-state index in [1.54, 1.807) is 12.1 Å². The van der Waals surface area contributed by atoms with Gasteiger partial charge in [-0.15, -0.1) is 0 Å². The molecule has 0 aliphatic carbocycles. The van der Waals surface area contributed by atoms with Gasteiger partial charge >= 0.3 is 0 Å². The molecule has 0 heterocycles. The van der Waals surface area contributed by atoms with E-state index >= 15 is 0 Å². The van der Waals surface area contributed by atoms with E-state index in [1.165, 1.54) is 17.2 Å². The van der Waals surface area contributed by atoms with Gasteiger partial charge in [0.2, 0.25) is 0 Å². The summed E-state index contributed by atoms with van der Waals surface area (Å²) < 4.78 is 14.2. The van der Waals surface area contributed by atoms with E-state index < -0.39 is 0 Å². The molecular formula is C15H13Br2F. The quantitative estimate of drug-likeness (QED) is 0.618. The highest BCUT2D eigenvalue weighted by Gasteiger charge is 2.13. The van der Waals surface area contributed by atoms with Gasteiger partial charge in [0, 0.05) is 9.30 Å². The molecule has 0 nitrogen and oxygen atoms in total. The number of halogens is 3. The molecule has 18 heavy (non-hydrogen) atoms. The first-order chi connectivity index (χ1) is 8.58. The molecule has 0 aliphatic rings. The Morgan fingerprint density at radius 3 is 2.61 bits per heavy atom. The van der Waals surface area contributed by atoms with E-state index in [4.69, 9.17) is 0 Å². The summed E-state index contributed by atoms with van der Waals surface area (Å²) in [5.74, 6) is -0.206. The van der Waals surface area contributed by atoms with Gasteiger partial charge in [-0.05, 0) is 48.2 Å². The fourth-order valence-corrected chi connectivity index (χ4v) is 3.45. The minimum Gasteiger partial charge on any atom is -0.207 e. The Kier molecular flexibility index (Phi) is 4.57. The van der Waals surface area contributed by atoms with Gasteiger partial charge in [-0.2, -0.15) is 0 Å². The van der Waals surface area contributed by atoms with Crippen LogP contribution in [0.5, 0.6) is 0 Å². The molecule has 94 valence electrons. The minimum absolute atomic E-state index is 0.101. The lowest BCUT2D eigenvalue weighted by molar-refractivity contribution is 0.624. The monoisotopic (exact) mass is 370 g/mol. The maximum absolute atomic E-state index is 13.3. The molecule has 0 amide bonds. The highest BCUT2D eigenvalue weighted by molar-refractivity contribution is 9.11. The molecule has 0 saturated heterocycles. The van der Waals surface area contributed by atoms with Crippen LogP contribution in [0.25, 0.3) is 0 Å². The van der Waals surface area contributed by atoms with Crippen molar-refractivity contribution >= 4 is 31.9 Å². The highest BCUT2D eigenvalue weighted by Crippen LogP contribution is 2.33. The second-order valence-corrected chi connectivity index (χ2v) is 6.22. The van der Waals surface area contributed by atoms with Crippen LogP contribution in [0.15, 0.2) is 46.9 Å². The summed E-state index contributed by atoms with van der Waals surface area (Å²) in [6.45, 7) is 2.09. The van der Waals surface area contributed by atoms with Crippen LogP contribution >= 0.6 is 31.9 Å². The fraction of sp³-hybridized carbons (Fsp3) is 0.200. The molecule has 1 unspecified atom stereocenters. The van der Waals surface area contributed by atoms with Crippen molar-refractivity contribution < 1.29 is 4.39 Å². The Morgan fingerprint density at radius 2 is 1.89 bits per heavy atom. The van der Waals surface area contributed by atoms with Crippen LogP contribution in [0.1, 0.15) is 21.5 Å². The van der Waals surface area contributed by atoms with Crippen LogP contribution in [0.2, 0.25) is 0 Å². The van der Waals surface area contributed by atoms with Crippen molar-refractivity contribution in [3.05, 3.63) is 69.4 Å².